The molecule has 192 valence electrons. The van der Waals surface area contributed by atoms with E-state index in [2.05, 4.69) is 19.0 Å². The number of nitrogens with zero attached hydrogens (tertiary/aromatic N) is 3. The Labute approximate surface area is 213 Å². The largest absolute Gasteiger partial charge is 0.493 e. The Hall–Kier alpha value is -2.61. The molecule has 1 saturated heterocycles. The van der Waals surface area contributed by atoms with Crippen LogP contribution < -0.4 is 9.46 Å². The second kappa shape index (κ2) is 9.69. The Morgan fingerprint density at radius 2 is 1.86 bits per heavy atom. The van der Waals surface area contributed by atoms with E-state index in [0.717, 1.165) is 22.7 Å². The molecular weight excluding hydrogens is 527 g/mol. The highest BCUT2D eigenvalue weighted by Gasteiger charge is 2.40. The van der Waals surface area contributed by atoms with Crippen molar-refractivity contribution in [2.45, 2.75) is 41.5 Å². The molecule has 2 aromatic carbocycles. The van der Waals surface area contributed by atoms with Crippen molar-refractivity contribution in [2.24, 2.45) is 0 Å². The molecule has 2 aliphatic rings. The van der Waals surface area contributed by atoms with E-state index in [9.17, 15) is 21.2 Å². The molecule has 36 heavy (non-hydrogen) atoms. The molecule has 0 bridgehead atoms. The van der Waals surface area contributed by atoms with Crippen LogP contribution in [-0.2, 0) is 19.9 Å². The molecule has 9 nitrogen and oxygen atoms in total. The van der Waals surface area contributed by atoms with E-state index < -0.39 is 25.1 Å². The standard InChI is InChI=1S/C23H25FN4O5S3/c1-35(29,30)17-8-10-28(21(12-17)15-2-4-16(24)5-3-15)20-9-11-33-22-13-18(6-7-19(20)22)36(31,32)27-23-25-14-26-34-23/h2-7,13-14,17,20-21H,8-12H2,1H3,(H,25,26,27)/t17-,20?,21+/m0/s1. The zero-order valence-corrected chi connectivity index (χ0v) is 21.8. The van der Waals surface area contributed by atoms with Crippen LogP contribution in [0.5, 0.6) is 5.75 Å². The second-order valence-electron chi connectivity index (χ2n) is 8.99. The van der Waals surface area contributed by atoms with Crippen LogP contribution in [0.15, 0.2) is 53.7 Å². The fourth-order valence-electron chi connectivity index (χ4n) is 4.98. The van der Waals surface area contributed by atoms with Crippen molar-refractivity contribution >= 4 is 36.5 Å². The average Bonchev–Trinajstić information content (AvgIpc) is 3.35. The molecular formula is C23H25FN4O5S3. The normalized spacial score (nSPS) is 23.0. The van der Waals surface area contributed by atoms with Crippen LogP contribution in [0.2, 0.25) is 0 Å². The number of rotatable bonds is 6. The second-order valence-corrected chi connectivity index (χ2v) is 13.8. The minimum atomic E-state index is -3.88. The van der Waals surface area contributed by atoms with Crippen molar-refractivity contribution < 1.29 is 26.0 Å². The monoisotopic (exact) mass is 552 g/mol. The Bertz CT molecular complexity index is 1450. The summed E-state index contributed by atoms with van der Waals surface area (Å²) in [5, 5.41) is -0.315. The summed E-state index contributed by atoms with van der Waals surface area (Å²) in [5.41, 5.74) is 1.68. The molecule has 0 spiro atoms. The number of ether oxygens (including phenoxy) is 1. The van der Waals surface area contributed by atoms with Crippen molar-refractivity contribution in [3.8, 4) is 5.75 Å². The lowest BCUT2D eigenvalue weighted by atomic mass is 9.89. The Morgan fingerprint density at radius 3 is 2.56 bits per heavy atom. The molecule has 2 aliphatic heterocycles. The van der Waals surface area contributed by atoms with Gasteiger partial charge in [-0.15, -0.1) is 0 Å². The summed E-state index contributed by atoms with van der Waals surface area (Å²) in [6.45, 7) is 0.912. The van der Waals surface area contributed by atoms with Gasteiger partial charge in [-0.3, -0.25) is 9.62 Å². The predicted octanol–water partition coefficient (Wildman–Crippen LogP) is 3.55. The number of piperidine rings is 1. The van der Waals surface area contributed by atoms with E-state index in [4.69, 9.17) is 4.74 Å². The fourth-order valence-corrected chi connectivity index (χ4v) is 7.72. The number of hydrogen-bond donors (Lipinski definition) is 1. The molecule has 1 unspecified atom stereocenters. The van der Waals surface area contributed by atoms with Gasteiger partial charge in [0.2, 0.25) is 5.13 Å². The van der Waals surface area contributed by atoms with Crippen LogP contribution in [0.3, 0.4) is 0 Å². The molecule has 13 heteroatoms. The van der Waals surface area contributed by atoms with E-state index in [1.807, 2.05) is 0 Å². The summed E-state index contributed by atoms with van der Waals surface area (Å²) in [4.78, 5) is 6.15. The van der Waals surface area contributed by atoms with E-state index >= 15 is 0 Å². The lowest BCUT2D eigenvalue weighted by molar-refractivity contribution is 0.0680. The highest BCUT2D eigenvalue weighted by atomic mass is 32.2. The van der Waals surface area contributed by atoms with Crippen LogP contribution in [0, 0.1) is 5.82 Å². The smallest absolute Gasteiger partial charge is 0.263 e. The third-order valence-corrected chi connectivity index (χ3v) is 10.4. The van der Waals surface area contributed by atoms with E-state index in [1.165, 1.54) is 36.8 Å². The number of hydrogen-bond acceptors (Lipinski definition) is 9. The number of likely N-dealkylation sites (tertiary alicyclic amines) is 1. The summed E-state index contributed by atoms with van der Waals surface area (Å²) in [6, 6.07) is 10.6. The number of benzene rings is 2. The molecule has 3 aromatic rings. The van der Waals surface area contributed by atoms with E-state index in [-0.39, 0.29) is 27.9 Å². The van der Waals surface area contributed by atoms with Gasteiger partial charge in [0.25, 0.3) is 10.0 Å². The van der Waals surface area contributed by atoms with Crippen LogP contribution in [-0.4, -0.2) is 55.8 Å². The van der Waals surface area contributed by atoms with Gasteiger partial charge >= 0.3 is 0 Å². The van der Waals surface area contributed by atoms with Gasteiger partial charge in [-0.2, -0.15) is 4.37 Å². The number of sulfone groups is 1. The molecule has 5 rings (SSSR count). The predicted molar refractivity (Wildman–Crippen MR) is 134 cm³/mol. The Balaban J connectivity index is 1.47. The number of halogens is 1. The molecule has 3 heterocycles. The molecule has 1 fully saturated rings. The number of sulfonamides is 1. The van der Waals surface area contributed by atoms with Gasteiger partial charge < -0.3 is 4.74 Å². The van der Waals surface area contributed by atoms with Crippen LogP contribution >= 0.6 is 11.5 Å². The summed E-state index contributed by atoms with van der Waals surface area (Å²) < 4.78 is 76.1. The van der Waals surface area contributed by atoms with Gasteiger partial charge in [-0.1, -0.05) is 18.2 Å². The molecule has 3 atom stereocenters. The van der Waals surface area contributed by atoms with Crippen LogP contribution in [0.4, 0.5) is 9.52 Å². The van der Waals surface area contributed by atoms with Gasteiger partial charge in [-0.05, 0) is 36.6 Å². The van der Waals surface area contributed by atoms with Gasteiger partial charge in [0.15, 0.2) is 0 Å². The average molecular weight is 553 g/mol. The highest BCUT2D eigenvalue weighted by molar-refractivity contribution is 7.93. The maximum absolute atomic E-state index is 13.6. The number of fused-ring (bicyclic) bond motifs is 1. The summed E-state index contributed by atoms with van der Waals surface area (Å²) >= 11 is 0.938. The van der Waals surface area contributed by atoms with Gasteiger partial charge in [-0.25, -0.2) is 26.2 Å². The Kier molecular flexibility index (Phi) is 6.74. The van der Waals surface area contributed by atoms with Crippen molar-refractivity contribution in [1.82, 2.24) is 14.3 Å². The fraction of sp³-hybridized carbons (Fsp3) is 0.391. The first-order chi connectivity index (χ1) is 17.1. The first-order valence-corrected chi connectivity index (χ1v) is 15.6. The summed E-state index contributed by atoms with van der Waals surface area (Å²) in [5.74, 6) is 0.113. The lowest BCUT2D eigenvalue weighted by Gasteiger charge is -2.45. The number of nitrogens with one attached hydrogen (secondary N) is 1. The van der Waals surface area contributed by atoms with E-state index in [1.54, 1.807) is 18.2 Å². The molecule has 0 saturated carbocycles. The summed E-state index contributed by atoms with van der Waals surface area (Å²) in [7, 11) is -7.12. The third kappa shape index (κ3) is 5.10. The van der Waals surface area contributed by atoms with Crippen molar-refractivity contribution in [3.05, 3.63) is 65.7 Å². The zero-order chi connectivity index (χ0) is 25.5. The maximum Gasteiger partial charge on any atom is 0.263 e. The zero-order valence-electron chi connectivity index (χ0n) is 19.4. The van der Waals surface area contributed by atoms with Crippen LogP contribution in [0.25, 0.3) is 0 Å². The quantitative estimate of drug-likeness (QED) is 0.493. The lowest BCUT2D eigenvalue weighted by Crippen LogP contribution is -2.44. The maximum atomic E-state index is 13.6. The van der Waals surface area contributed by atoms with Gasteiger partial charge in [0, 0.05) is 54.5 Å². The van der Waals surface area contributed by atoms with Crippen molar-refractivity contribution in [3.63, 3.8) is 0 Å². The topological polar surface area (TPSA) is 119 Å². The van der Waals surface area contributed by atoms with Gasteiger partial charge in [0.05, 0.1) is 16.8 Å². The molecule has 1 aromatic heterocycles. The first kappa shape index (κ1) is 25.1. The highest BCUT2D eigenvalue weighted by Crippen LogP contribution is 2.45. The van der Waals surface area contributed by atoms with Gasteiger partial charge in [0.1, 0.15) is 27.7 Å². The molecule has 0 radical (unpaired) electrons. The van der Waals surface area contributed by atoms with E-state index in [0.29, 0.717) is 38.2 Å². The third-order valence-electron chi connectivity index (χ3n) is 6.74. The Morgan fingerprint density at radius 1 is 1.08 bits per heavy atom. The minimum absolute atomic E-state index is 0.0444. The van der Waals surface area contributed by atoms with Crippen molar-refractivity contribution in [1.29, 1.82) is 0 Å². The number of anilines is 1. The summed E-state index contributed by atoms with van der Waals surface area (Å²) in [6.07, 6.45) is 4.07. The molecule has 1 N–H and O–H groups in total. The van der Waals surface area contributed by atoms with Crippen LogP contribution in [0.1, 0.15) is 42.5 Å². The SMILES string of the molecule is CS(=O)(=O)[C@H]1CCN(C2CCOc3cc(S(=O)(=O)Nc4ncns4)ccc32)[C@@H](c2ccc(F)cc2)C1. The molecule has 0 amide bonds. The minimum Gasteiger partial charge on any atom is -0.493 e. The van der Waals surface area contributed by atoms with Crippen molar-refractivity contribution in [2.75, 3.05) is 24.1 Å². The number of aromatic nitrogens is 2. The molecule has 0 aliphatic carbocycles. The first-order valence-electron chi connectivity index (χ1n) is 11.4.